The summed E-state index contributed by atoms with van der Waals surface area (Å²) in [5.41, 5.74) is 1.66. The van der Waals surface area contributed by atoms with Gasteiger partial charge in [0.2, 0.25) is 5.79 Å². The van der Waals surface area contributed by atoms with Crippen molar-refractivity contribution in [2.45, 2.75) is 159 Å². The van der Waals surface area contributed by atoms with Crippen LogP contribution >= 0.6 is 12.6 Å². The molecule has 1 aliphatic carbocycles. The topological polar surface area (TPSA) is 158 Å². The van der Waals surface area contributed by atoms with Crippen LogP contribution in [0.2, 0.25) is 0 Å². The summed E-state index contributed by atoms with van der Waals surface area (Å²) in [6.45, 7) is 13.2. The van der Waals surface area contributed by atoms with Gasteiger partial charge in [0, 0.05) is 52.0 Å². The highest BCUT2D eigenvalue weighted by atomic mass is 32.1. The third-order valence-electron chi connectivity index (χ3n) is 12.9. The number of allylic oxidation sites excluding steroid dienone is 4. The summed E-state index contributed by atoms with van der Waals surface area (Å²) in [6, 6.07) is -1.13. The van der Waals surface area contributed by atoms with Crippen LogP contribution in [-0.4, -0.2) is 114 Å². The van der Waals surface area contributed by atoms with Crippen LogP contribution < -0.4 is 0 Å². The van der Waals surface area contributed by atoms with E-state index in [0.717, 1.165) is 36.8 Å². The van der Waals surface area contributed by atoms with E-state index in [2.05, 4.69) is 12.7 Å². The van der Waals surface area contributed by atoms with Crippen molar-refractivity contribution < 1.29 is 53.1 Å². The zero-order valence-corrected chi connectivity index (χ0v) is 36.3. The molecule has 13 heteroatoms. The third-order valence-corrected chi connectivity index (χ3v) is 13.5. The molecule has 12 nitrogen and oxygen atoms in total. The summed E-state index contributed by atoms with van der Waals surface area (Å²) >= 11 is 4.95. The Labute approximate surface area is 345 Å². The van der Waals surface area contributed by atoms with E-state index in [0.29, 0.717) is 32.1 Å². The quantitative estimate of drug-likeness (QED) is 0.0921. The number of ether oxygens (including phenoxy) is 5. The van der Waals surface area contributed by atoms with Crippen LogP contribution in [0.25, 0.3) is 0 Å². The van der Waals surface area contributed by atoms with Crippen LogP contribution in [0.3, 0.4) is 0 Å². The molecule has 2 bridgehead atoms. The van der Waals surface area contributed by atoms with Crippen LogP contribution in [0, 0.1) is 29.6 Å². The lowest BCUT2D eigenvalue weighted by atomic mass is 9.81. The monoisotopic (exact) mass is 819 g/mol. The highest BCUT2D eigenvalue weighted by Gasteiger charge is 2.59. The lowest BCUT2D eigenvalue weighted by molar-refractivity contribution is -0.307. The standard InChI is InChI=1S/C44H69NO11S/c1-10-14-32-20-26(2)19-27(3)25-43(57,54-9)40-37(53-8)22-29(5)44(51,56-40)39(48)41(49)45-18-12-11-17-34(45)42(50)55-38(30(6)35(46)24-36(32)47)28(4)21-31-15-13-16-33(23-31)52-7/h10,20-21,27,29-35,37-38,40,46,51,57H,1,11-19,22-25H2,2-9H3/b26-20+,28-21+/t27-,29+,30+,31-,32+,33-,34-,35-,37-,38+,40-,43-,44+/m0/s1. The molecule has 322 valence electrons. The van der Waals surface area contributed by atoms with Gasteiger partial charge in [-0.1, -0.05) is 51.0 Å². The minimum absolute atomic E-state index is 0.0834. The number of nitrogens with zero attached hydrogens (tertiary/aromatic N) is 1. The maximum absolute atomic E-state index is 14.3. The molecule has 0 spiro atoms. The largest absolute Gasteiger partial charge is 0.456 e. The van der Waals surface area contributed by atoms with Crippen molar-refractivity contribution in [1.82, 2.24) is 4.90 Å². The number of rotatable bonds is 7. The molecular formula is C44H69NO11S. The van der Waals surface area contributed by atoms with Gasteiger partial charge >= 0.3 is 5.97 Å². The molecule has 0 aromatic carbocycles. The first-order chi connectivity index (χ1) is 26.9. The number of carbonyl (C=O) groups is 4. The second-order valence-corrected chi connectivity index (χ2v) is 18.1. The molecule has 0 radical (unpaired) electrons. The first-order valence-electron chi connectivity index (χ1n) is 20.9. The number of methoxy groups -OCH3 is 3. The fraction of sp³-hybridized carbons (Fsp3) is 0.773. The number of hydrogen-bond acceptors (Lipinski definition) is 12. The summed E-state index contributed by atoms with van der Waals surface area (Å²) in [4.78, 5) is 56.6. The molecule has 3 heterocycles. The lowest BCUT2D eigenvalue weighted by Crippen LogP contribution is -2.66. The number of piperidine rings is 1. The number of amides is 1. The van der Waals surface area contributed by atoms with Gasteiger partial charge in [0.05, 0.1) is 18.3 Å². The van der Waals surface area contributed by atoms with Crippen molar-refractivity contribution >= 4 is 36.1 Å². The van der Waals surface area contributed by atoms with Crippen molar-refractivity contribution in [3.05, 3.63) is 36.0 Å². The minimum Gasteiger partial charge on any atom is -0.456 e. The van der Waals surface area contributed by atoms with Gasteiger partial charge in [-0.2, -0.15) is 0 Å². The summed E-state index contributed by atoms with van der Waals surface area (Å²) in [7, 11) is 4.68. The van der Waals surface area contributed by atoms with E-state index in [4.69, 9.17) is 36.3 Å². The predicted molar refractivity (Wildman–Crippen MR) is 219 cm³/mol. The Hall–Kier alpha value is -2.39. The summed E-state index contributed by atoms with van der Waals surface area (Å²) < 4.78 is 30.0. The maximum atomic E-state index is 14.3. The number of fused-ring (bicyclic) bond motifs is 3. The fourth-order valence-corrected chi connectivity index (χ4v) is 10.0. The molecule has 2 N–H and O–H groups in total. The SMILES string of the molecule is C=CC[C@@H]1/C=C(\C)C[C@H](C)C[C@@](S)(OC)[C@H]2O[C@@](O)(C(=O)C(=O)N3CCCC[C@H]3C(=O)O[C@H](/C(C)=C/[C@@H]3CCC[C@H](OC)C3)[C@H](C)[C@@H](O)CC1=O)[C@H](C)C[C@@H]2OC. The first kappa shape index (κ1) is 47.3. The number of cyclic esters (lactones) is 1. The molecule has 1 amide bonds. The molecule has 1 saturated carbocycles. The highest BCUT2D eigenvalue weighted by molar-refractivity contribution is 7.81. The van der Waals surface area contributed by atoms with Gasteiger partial charge in [-0.3, -0.25) is 14.4 Å². The smallest absolute Gasteiger partial charge is 0.329 e. The van der Waals surface area contributed by atoms with Gasteiger partial charge in [-0.25, -0.2) is 4.79 Å². The van der Waals surface area contributed by atoms with Gasteiger partial charge in [0.1, 0.15) is 29.0 Å². The number of aliphatic hydroxyl groups excluding tert-OH is 1. The number of carbonyl (C=O) groups excluding carboxylic acids is 4. The van der Waals surface area contributed by atoms with Gasteiger partial charge in [0.15, 0.2) is 0 Å². The van der Waals surface area contributed by atoms with Crippen LogP contribution in [0.4, 0.5) is 0 Å². The van der Waals surface area contributed by atoms with Gasteiger partial charge in [-0.15, -0.1) is 19.2 Å². The number of thiol groups is 1. The Morgan fingerprint density at radius 1 is 1.04 bits per heavy atom. The normalized spacial score (nSPS) is 41.0. The number of Topliss-reactive ketones (excluding diaryl/α,β-unsaturated/α-hetero) is 2. The summed E-state index contributed by atoms with van der Waals surface area (Å²) in [5.74, 6) is -7.71. The van der Waals surface area contributed by atoms with Gasteiger partial charge in [-0.05, 0) is 95.5 Å². The molecule has 3 fully saturated rings. The molecule has 0 unspecified atom stereocenters. The molecule has 57 heavy (non-hydrogen) atoms. The predicted octanol–water partition coefficient (Wildman–Crippen LogP) is 5.93. The molecule has 0 aromatic heterocycles. The average Bonchev–Trinajstić information content (AvgIpc) is 3.18. The maximum Gasteiger partial charge on any atom is 0.329 e. The van der Waals surface area contributed by atoms with Crippen LogP contribution in [-0.2, 0) is 42.9 Å². The number of esters is 1. The summed E-state index contributed by atoms with van der Waals surface area (Å²) in [5, 5.41) is 23.8. The van der Waals surface area contributed by atoms with E-state index in [-0.39, 0.29) is 49.5 Å². The molecule has 0 aromatic rings. The summed E-state index contributed by atoms with van der Waals surface area (Å²) in [6.07, 6.45) is 8.26. The molecule has 4 aliphatic rings. The Bertz CT molecular complexity index is 1500. The minimum atomic E-state index is -2.56. The van der Waals surface area contributed by atoms with Crippen LogP contribution in [0.5, 0.6) is 0 Å². The Kier molecular flexibility index (Phi) is 17.2. The first-order valence-corrected chi connectivity index (χ1v) is 21.3. The van der Waals surface area contributed by atoms with Crippen molar-refractivity contribution in [2.75, 3.05) is 27.9 Å². The van der Waals surface area contributed by atoms with Crippen molar-refractivity contribution in [2.24, 2.45) is 29.6 Å². The van der Waals surface area contributed by atoms with Gasteiger partial charge in [0.25, 0.3) is 11.7 Å². The number of aliphatic hydroxyl groups is 2. The highest BCUT2D eigenvalue weighted by Crippen LogP contribution is 2.44. The van der Waals surface area contributed by atoms with Crippen molar-refractivity contribution in [3.63, 3.8) is 0 Å². The molecule has 13 atom stereocenters. The van der Waals surface area contributed by atoms with Crippen molar-refractivity contribution in [1.29, 1.82) is 0 Å². The fourth-order valence-electron chi connectivity index (χ4n) is 9.50. The number of hydrogen-bond donors (Lipinski definition) is 3. The second kappa shape index (κ2) is 20.7. The van der Waals surface area contributed by atoms with E-state index in [9.17, 15) is 29.4 Å². The average molecular weight is 820 g/mol. The van der Waals surface area contributed by atoms with Crippen LogP contribution in [0.1, 0.15) is 112 Å². The zero-order chi connectivity index (χ0) is 42.2. The Morgan fingerprint density at radius 3 is 2.40 bits per heavy atom. The molecular weight excluding hydrogens is 751 g/mol. The second-order valence-electron chi connectivity index (χ2n) is 17.3. The Morgan fingerprint density at radius 2 is 1.75 bits per heavy atom. The van der Waals surface area contributed by atoms with E-state index >= 15 is 0 Å². The third kappa shape index (κ3) is 11.3. The Balaban J connectivity index is 1.80. The molecule has 4 rings (SSSR count). The van der Waals surface area contributed by atoms with Gasteiger partial charge < -0.3 is 38.8 Å². The van der Waals surface area contributed by atoms with E-state index in [1.807, 2.05) is 26.8 Å². The molecule has 2 saturated heterocycles. The van der Waals surface area contributed by atoms with E-state index in [1.165, 1.54) is 19.1 Å². The number of ketones is 2. The van der Waals surface area contributed by atoms with Crippen LogP contribution in [0.15, 0.2) is 36.0 Å². The lowest BCUT2D eigenvalue weighted by Gasteiger charge is -2.50. The zero-order valence-electron chi connectivity index (χ0n) is 35.4. The van der Waals surface area contributed by atoms with E-state index < -0.39 is 76.6 Å². The molecule has 3 aliphatic heterocycles. The van der Waals surface area contributed by atoms with Crippen molar-refractivity contribution in [3.8, 4) is 0 Å². The van der Waals surface area contributed by atoms with E-state index in [1.54, 1.807) is 27.0 Å².